The van der Waals surface area contributed by atoms with Gasteiger partial charge in [-0.1, -0.05) is 72.3 Å². The fraction of sp³-hybridized carbons (Fsp3) is 0.231. The van der Waals surface area contributed by atoms with Gasteiger partial charge < -0.3 is 5.32 Å². The number of aromatic nitrogens is 2. The van der Waals surface area contributed by atoms with Crippen LogP contribution in [0.2, 0.25) is 5.02 Å². The van der Waals surface area contributed by atoms with Gasteiger partial charge in [-0.15, -0.1) is 0 Å². The molecule has 0 radical (unpaired) electrons. The number of fused-ring (bicyclic) bond motifs is 1. The van der Waals surface area contributed by atoms with Crippen molar-refractivity contribution >= 4 is 28.4 Å². The summed E-state index contributed by atoms with van der Waals surface area (Å²) in [6.45, 7) is 3.93. The molecule has 0 spiro atoms. The molecule has 4 rings (SSSR count). The average molecular weight is 432 g/mol. The van der Waals surface area contributed by atoms with E-state index in [9.17, 15) is 4.79 Å². The molecule has 1 amide bonds. The van der Waals surface area contributed by atoms with Crippen LogP contribution < -0.4 is 5.32 Å². The summed E-state index contributed by atoms with van der Waals surface area (Å²) in [7, 11) is 0. The maximum absolute atomic E-state index is 13.0. The molecule has 0 saturated carbocycles. The Bertz CT molecular complexity index is 1170. The number of hydrogen-bond donors (Lipinski definition) is 1. The second kappa shape index (κ2) is 9.36. The zero-order valence-corrected chi connectivity index (χ0v) is 18.5. The second-order valence-corrected chi connectivity index (χ2v) is 8.37. The Hall–Kier alpha value is -3.11. The number of aryl methyl sites for hydroxylation is 1. The third-order valence-electron chi connectivity index (χ3n) is 5.56. The number of benzene rings is 3. The van der Waals surface area contributed by atoms with Crippen molar-refractivity contribution in [3.05, 3.63) is 89.4 Å². The predicted octanol–water partition coefficient (Wildman–Crippen LogP) is 6.06. The van der Waals surface area contributed by atoms with E-state index < -0.39 is 6.04 Å². The molecular formula is C26H26ClN3O. The number of hydrogen-bond acceptors (Lipinski definition) is 2. The number of rotatable bonds is 7. The van der Waals surface area contributed by atoms with Crippen LogP contribution in [-0.4, -0.2) is 21.7 Å². The van der Waals surface area contributed by atoms with E-state index in [1.807, 2.05) is 80.6 Å². The van der Waals surface area contributed by atoms with Crippen LogP contribution in [0, 0.1) is 0 Å². The van der Waals surface area contributed by atoms with Crippen LogP contribution in [-0.2, 0) is 11.2 Å². The van der Waals surface area contributed by atoms with Crippen LogP contribution in [0.3, 0.4) is 0 Å². The van der Waals surface area contributed by atoms with Crippen molar-refractivity contribution in [2.75, 3.05) is 0 Å². The molecule has 0 saturated heterocycles. The third-order valence-corrected chi connectivity index (χ3v) is 5.79. The Balaban J connectivity index is 1.54. The first-order chi connectivity index (χ1) is 15.0. The molecule has 2 atom stereocenters. The zero-order chi connectivity index (χ0) is 21.8. The molecule has 0 bridgehead atoms. The summed E-state index contributed by atoms with van der Waals surface area (Å²) < 4.78 is 1.80. The van der Waals surface area contributed by atoms with E-state index >= 15 is 0 Å². The van der Waals surface area contributed by atoms with E-state index in [2.05, 4.69) is 17.4 Å². The highest BCUT2D eigenvalue weighted by atomic mass is 35.5. The molecule has 0 aliphatic heterocycles. The smallest absolute Gasteiger partial charge is 0.244 e. The number of nitrogens with one attached hydrogen (secondary N) is 1. The molecule has 158 valence electrons. The molecule has 5 heteroatoms. The summed E-state index contributed by atoms with van der Waals surface area (Å²) >= 11 is 6.27. The normalized spacial score (nSPS) is 13.1. The quantitative estimate of drug-likeness (QED) is 0.387. The number of amides is 1. The molecule has 4 nitrogen and oxygen atoms in total. The van der Waals surface area contributed by atoms with Crippen LogP contribution >= 0.6 is 11.6 Å². The minimum absolute atomic E-state index is 0.0421. The van der Waals surface area contributed by atoms with E-state index in [4.69, 9.17) is 16.7 Å². The molecule has 3 aromatic carbocycles. The van der Waals surface area contributed by atoms with Crippen molar-refractivity contribution in [2.24, 2.45) is 0 Å². The SMILES string of the molecule is C[C@@H](CCc1ccccc1)NC(=O)[C@H](C)n1nc(-c2ccccc2)c2cc(Cl)ccc21. The second-order valence-electron chi connectivity index (χ2n) is 7.93. The van der Waals surface area contributed by atoms with E-state index in [1.54, 1.807) is 4.68 Å². The average Bonchev–Trinajstić information content (AvgIpc) is 3.17. The number of carbonyl (C=O) groups excluding carboxylic acids is 1. The van der Waals surface area contributed by atoms with Crippen LogP contribution in [0.1, 0.15) is 31.9 Å². The van der Waals surface area contributed by atoms with Gasteiger partial charge in [0.2, 0.25) is 5.91 Å². The van der Waals surface area contributed by atoms with Gasteiger partial charge >= 0.3 is 0 Å². The van der Waals surface area contributed by atoms with Gasteiger partial charge in [0, 0.05) is 22.0 Å². The first-order valence-electron chi connectivity index (χ1n) is 10.6. The van der Waals surface area contributed by atoms with Crippen molar-refractivity contribution in [3.8, 4) is 11.3 Å². The highest BCUT2D eigenvalue weighted by molar-refractivity contribution is 6.31. The van der Waals surface area contributed by atoms with Crippen LogP contribution in [0.5, 0.6) is 0 Å². The van der Waals surface area contributed by atoms with Crippen LogP contribution in [0.15, 0.2) is 78.9 Å². The molecule has 0 aliphatic rings. The predicted molar refractivity (Wildman–Crippen MR) is 127 cm³/mol. The van der Waals surface area contributed by atoms with Crippen LogP contribution in [0.4, 0.5) is 0 Å². The van der Waals surface area contributed by atoms with Gasteiger partial charge in [0.05, 0.1) is 5.52 Å². The maximum Gasteiger partial charge on any atom is 0.244 e. The molecule has 1 aromatic heterocycles. The zero-order valence-electron chi connectivity index (χ0n) is 17.8. The molecule has 1 N–H and O–H groups in total. The lowest BCUT2D eigenvalue weighted by atomic mass is 10.1. The van der Waals surface area contributed by atoms with Gasteiger partial charge in [-0.3, -0.25) is 9.48 Å². The van der Waals surface area contributed by atoms with Crippen molar-refractivity contribution < 1.29 is 4.79 Å². The summed E-state index contributed by atoms with van der Waals surface area (Å²) in [4.78, 5) is 13.0. The minimum atomic E-state index is -0.444. The van der Waals surface area contributed by atoms with Gasteiger partial charge in [-0.25, -0.2) is 0 Å². The Morgan fingerprint density at radius 2 is 1.68 bits per heavy atom. The summed E-state index contributed by atoms with van der Waals surface area (Å²) in [5, 5.41) is 9.56. The molecule has 0 aliphatic carbocycles. The molecule has 4 aromatic rings. The molecule has 0 fully saturated rings. The summed E-state index contributed by atoms with van der Waals surface area (Å²) in [6, 6.07) is 25.6. The molecule has 0 unspecified atom stereocenters. The largest absolute Gasteiger partial charge is 0.352 e. The first kappa shape index (κ1) is 21.1. The molecule has 31 heavy (non-hydrogen) atoms. The number of halogens is 1. The van der Waals surface area contributed by atoms with Gasteiger partial charge in [0.15, 0.2) is 0 Å². The lowest BCUT2D eigenvalue weighted by Gasteiger charge is -2.18. The topological polar surface area (TPSA) is 46.9 Å². The third kappa shape index (κ3) is 4.80. The Morgan fingerprint density at radius 3 is 2.39 bits per heavy atom. The van der Waals surface area contributed by atoms with Gasteiger partial charge in [0.25, 0.3) is 0 Å². The van der Waals surface area contributed by atoms with E-state index in [0.29, 0.717) is 5.02 Å². The highest BCUT2D eigenvalue weighted by Crippen LogP contribution is 2.31. The first-order valence-corrected chi connectivity index (χ1v) is 11.0. The summed E-state index contributed by atoms with van der Waals surface area (Å²) in [6.07, 6.45) is 1.81. The minimum Gasteiger partial charge on any atom is -0.352 e. The van der Waals surface area contributed by atoms with Gasteiger partial charge in [-0.2, -0.15) is 5.10 Å². The number of carbonyl (C=O) groups is 1. The van der Waals surface area contributed by atoms with Crippen molar-refractivity contribution in [1.82, 2.24) is 15.1 Å². The Morgan fingerprint density at radius 1 is 1.00 bits per heavy atom. The van der Waals surface area contributed by atoms with Crippen LogP contribution in [0.25, 0.3) is 22.2 Å². The van der Waals surface area contributed by atoms with E-state index in [0.717, 1.165) is 35.0 Å². The fourth-order valence-corrected chi connectivity index (χ4v) is 3.96. The van der Waals surface area contributed by atoms with Crippen molar-refractivity contribution in [3.63, 3.8) is 0 Å². The van der Waals surface area contributed by atoms with Crippen molar-refractivity contribution in [1.29, 1.82) is 0 Å². The summed E-state index contributed by atoms with van der Waals surface area (Å²) in [5.41, 5.74) is 3.99. The summed E-state index contributed by atoms with van der Waals surface area (Å²) in [5.74, 6) is -0.0421. The standard InChI is InChI=1S/C26H26ClN3O/c1-18(13-14-20-9-5-3-6-10-20)28-26(31)19(2)30-24-16-15-22(27)17-23(24)25(29-30)21-11-7-4-8-12-21/h3-12,15-19H,13-14H2,1-2H3,(H,28,31)/t18-,19-/m0/s1. The van der Waals surface area contributed by atoms with Gasteiger partial charge in [0.1, 0.15) is 11.7 Å². The molecular weight excluding hydrogens is 406 g/mol. The lowest BCUT2D eigenvalue weighted by molar-refractivity contribution is -0.124. The van der Waals surface area contributed by atoms with E-state index in [1.165, 1.54) is 5.56 Å². The number of nitrogens with zero attached hydrogens (tertiary/aromatic N) is 2. The van der Waals surface area contributed by atoms with E-state index in [-0.39, 0.29) is 11.9 Å². The Kier molecular flexibility index (Phi) is 6.38. The monoisotopic (exact) mass is 431 g/mol. The molecule has 1 heterocycles. The highest BCUT2D eigenvalue weighted by Gasteiger charge is 2.22. The van der Waals surface area contributed by atoms with Gasteiger partial charge in [-0.05, 0) is 50.5 Å². The Labute approximate surface area is 187 Å². The fourth-order valence-electron chi connectivity index (χ4n) is 3.79. The maximum atomic E-state index is 13.0. The van der Waals surface area contributed by atoms with Crippen molar-refractivity contribution in [2.45, 2.75) is 38.8 Å². The lowest BCUT2D eigenvalue weighted by Crippen LogP contribution is -2.37.